The number of carbonyl (C=O) groups excluding carboxylic acids is 1. The molecule has 1 rings (SSSR count). The highest BCUT2D eigenvalue weighted by atomic mass is 16.1. The van der Waals surface area contributed by atoms with Crippen molar-refractivity contribution < 1.29 is 4.79 Å². The van der Waals surface area contributed by atoms with Crippen LogP contribution in [-0.4, -0.2) is 19.5 Å². The monoisotopic (exact) mass is 178 g/mol. The number of amides is 1. The van der Waals surface area contributed by atoms with Gasteiger partial charge in [-0.3, -0.25) is 4.79 Å². The zero-order chi connectivity index (χ0) is 9.68. The van der Waals surface area contributed by atoms with E-state index in [0.29, 0.717) is 12.1 Å². The van der Waals surface area contributed by atoms with Crippen LogP contribution in [-0.2, 0) is 0 Å². The van der Waals surface area contributed by atoms with Crippen LogP contribution in [0.1, 0.15) is 17.3 Å². The summed E-state index contributed by atoms with van der Waals surface area (Å²) in [5.41, 5.74) is 1.70. The molecule has 0 atom stereocenters. The second-order valence-electron chi connectivity index (χ2n) is 2.69. The highest BCUT2D eigenvalue weighted by Gasteiger charge is 2.01. The molecule has 13 heavy (non-hydrogen) atoms. The summed E-state index contributed by atoms with van der Waals surface area (Å²) in [6.07, 6.45) is 0. The Kier molecular flexibility index (Phi) is 3.31. The molecule has 0 fully saturated rings. The number of nitrogens with one attached hydrogen (secondary N) is 2. The lowest BCUT2D eigenvalue weighted by Crippen LogP contribution is -2.22. The van der Waals surface area contributed by atoms with Gasteiger partial charge < -0.3 is 10.6 Å². The second kappa shape index (κ2) is 4.50. The summed E-state index contributed by atoms with van der Waals surface area (Å²) in [6, 6.07) is 7.36. The number of hydrogen-bond acceptors (Lipinski definition) is 2. The van der Waals surface area contributed by atoms with Crippen LogP contribution < -0.4 is 10.6 Å². The molecule has 2 N–H and O–H groups in total. The van der Waals surface area contributed by atoms with Crippen molar-refractivity contribution in [3.8, 4) is 0 Å². The molecule has 3 heteroatoms. The summed E-state index contributed by atoms with van der Waals surface area (Å²) in [4.78, 5) is 11.3. The summed E-state index contributed by atoms with van der Waals surface area (Å²) in [6.45, 7) is 2.56. The third-order valence-electron chi connectivity index (χ3n) is 1.77. The molecular formula is C10H14N2O. The molecule has 70 valence electrons. The first kappa shape index (κ1) is 9.58. The van der Waals surface area contributed by atoms with Gasteiger partial charge in [0.15, 0.2) is 0 Å². The molecule has 0 heterocycles. The van der Waals surface area contributed by atoms with E-state index in [1.54, 1.807) is 12.1 Å². The highest BCUT2D eigenvalue weighted by molar-refractivity contribution is 5.94. The van der Waals surface area contributed by atoms with Crippen molar-refractivity contribution in [2.24, 2.45) is 0 Å². The maximum Gasteiger partial charge on any atom is 0.251 e. The number of carbonyl (C=O) groups is 1. The van der Waals surface area contributed by atoms with Gasteiger partial charge in [0.25, 0.3) is 5.91 Å². The summed E-state index contributed by atoms with van der Waals surface area (Å²) < 4.78 is 0. The van der Waals surface area contributed by atoms with Crippen molar-refractivity contribution >= 4 is 11.6 Å². The van der Waals surface area contributed by atoms with Gasteiger partial charge in [-0.05, 0) is 31.2 Å². The van der Waals surface area contributed by atoms with Crippen LogP contribution in [0.2, 0.25) is 0 Å². The highest BCUT2D eigenvalue weighted by Crippen LogP contribution is 2.07. The maximum absolute atomic E-state index is 11.3. The lowest BCUT2D eigenvalue weighted by Gasteiger charge is -2.03. The van der Waals surface area contributed by atoms with E-state index < -0.39 is 0 Å². The number of anilines is 1. The average molecular weight is 178 g/mol. The van der Waals surface area contributed by atoms with Gasteiger partial charge in [0.1, 0.15) is 0 Å². The Morgan fingerprint density at radius 1 is 1.31 bits per heavy atom. The van der Waals surface area contributed by atoms with Gasteiger partial charge >= 0.3 is 0 Å². The number of rotatable bonds is 3. The first-order valence-corrected chi connectivity index (χ1v) is 4.34. The molecule has 1 aromatic rings. The van der Waals surface area contributed by atoms with E-state index in [-0.39, 0.29) is 5.91 Å². The predicted molar refractivity (Wildman–Crippen MR) is 54.0 cm³/mol. The molecule has 1 amide bonds. The lowest BCUT2D eigenvalue weighted by molar-refractivity contribution is 0.0956. The molecule has 0 radical (unpaired) electrons. The van der Waals surface area contributed by atoms with E-state index in [2.05, 4.69) is 10.6 Å². The molecule has 0 spiro atoms. The van der Waals surface area contributed by atoms with Gasteiger partial charge in [-0.2, -0.15) is 0 Å². The lowest BCUT2D eigenvalue weighted by atomic mass is 10.2. The smallest absolute Gasteiger partial charge is 0.251 e. The fourth-order valence-corrected chi connectivity index (χ4v) is 1.05. The van der Waals surface area contributed by atoms with Crippen LogP contribution in [0.3, 0.4) is 0 Å². The molecule has 0 aliphatic heterocycles. The topological polar surface area (TPSA) is 41.1 Å². The van der Waals surface area contributed by atoms with Crippen molar-refractivity contribution in [1.82, 2.24) is 5.32 Å². The van der Waals surface area contributed by atoms with E-state index in [1.807, 2.05) is 26.1 Å². The molecule has 0 unspecified atom stereocenters. The van der Waals surface area contributed by atoms with E-state index in [4.69, 9.17) is 0 Å². The third-order valence-corrected chi connectivity index (χ3v) is 1.77. The Hall–Kier alpha value is -1.51. The van der Waals surface area contributed by atoms with Crippen LogP contribution in [0, 0.1) is 0 Å². The van der Waals surface area contributed by atoms with Gasteiger partial charge in [-0.15, -0.1) is 0 Å². The number of benzene rings is 1. The largest absolute Gasteiger partial charge is 0.388 e. The number of hydrogen-bond donors (Lipinski definition) is 2. The first-order chi connectivity index (χ1) is 6.27. The molecule has 0 aromatic heterocycles. The van der Waals surface area contributed by atoms with Crippen LogP contribution in [0.4, 0.5) is 5.69 Å². The van der Waals surface area contributed by atoms with Gasteiger partial charge in [0.2, 0.25) is 0 Å². The van der Waals surface area contributed by atoms with Crippen LogP contribution >= 0.6 is 0 Å². The van der Waals surface area contributed by atoms with E-state index >= 15 is 0 Å². The second-order valence-corrected chi connectivity index (χ2v) is 2.69. The van der Waals surface area contributed by atoms with Crippen molar-refractivity contribution in [3.63, 3.8) is 0 Å². The third kappa shape index (κ3) is 2.47. The molecule has 0 aliphatic rings. The fraction of sp³-hybridized carbons (Fsp3) is 0.300. The van der Waals surface area contributed by atoms with E-state index in [0.717, 1.165) is 5.69 Å². The SMILES string of the molecule is CCNC(=O)c1ccc(NC)cc1. The summed E-state index contributed by atoms with van der Waals surface area (Å²) in [5.74, 6) is -0.0230. The van der Waals surface area contributed by atoms with Crippen LogP contribution in [0.25, 0.3) is 0 Å². The van der Waals surface area contributed by atoms with Gasteiger partial charge in [0, 0.05) is 24.8 Å². The summed E-state index contributed by atoms with van der Waals surface area (Å²) in [7, 11) is 1.85. The Balaban J connectivity index is 2.74. The first-order valence-electron chi connectivity index (χ1n) is 4.34. The Bertz CT molecular complexity index is 279. The van der Waals surface area contributed by atoms with E-state index in [1.165, 1.54) is 0 Å². The molecule has 1 aromatic carbocycles. The van der Waals surface area contributed by atoms with Gasteiger partial charge in [-0.25, -0.2) is 0 Å². The molecule has 0 saturated heterocycles. The zero-order valence-electron chi connectivity index (χ0n) is 7.92. The van der Waals surface area contributed by atoms with Crippen LogP contribution in [0.5, 0.6) is 0 Å². The minimum atomic E-state index is -0.0230. The molecule has 0 aliphatic carbocycles. The van der Waals surface area contributed by atoms with Crippen molar-refractivity contribution in [2.45, 2.75) is 6.92 Å². The molecule has 0 saturated carbocycles. The van der Waals surface area contributed by atoms with Gasteiger partial charge in [-0.1, -0.05) is 0 Å². The quantitative estimate of drug-likeness (QED) is 0.736. The predicted octanol–water partition coefficient (Wildman–Crippen LogP) is 1.48. The normalized spacial score (nSPS) is 9.38. The van der Waals surface area contributed by atoms with Crippen molar-refractivity contribution in [1.29, 1.82) is 0 Å². The minimum absolute atomic E-state index is 0.0230. The molecule has 3 nitrogen and oxygen atoms in total. The summed E-state index contributed by atoms with van der Waals surface area (Å²) >= 11 is 0. The maximum atomic E-state index is 11.3. The van der Waals surface area contributed by atoms with Crippen LogP contribution in [0.15, 0.2) is 24.3 Å². The zero-order valence-corrected chi connectivity index (χ0v) is 7.92. The van der Waals surface area contributed by atoms with E-state index in [9.17, 15) is 4.79 Å². The standard InChI is InChI=1S/C10H14N2O/c1-3-12-10(13)8-4-6-9(11-2)7-5-8/h4-7,11H,3H2,1-2H3,(H,12,13). The Morgan fingerprint density at radius 2 is 1.92 bits per heavy atom. The minimum Gasteiger partial charge on any atom is -0.388 e. The van der Waals surface area contributed by atoms with Crippen molar-refractivity contribution in [3.05, 3.63) is 29.8 Å². The summed E-state index contributed by atoms with van der Waals surface area (Å²) in [5, 5.41) is 5.73. The van der Waals surface area contributed by atoms with Gasteiger partial charge in [0.05, 0.1) is 0 Å². The Labute approximate surface area is 78.2 Å². The fourth-order valence-electron chi connectivity index (χ4n) is 1.05. The van der Waals surface area contributed by atoms with Crippen molar-refractivity contribution in [2.75, 3.05) is 18.9 Å². The molecule has 0 bridgehead atoms. The Morgan fingerprint density at radius 3 is 2.38 bits per heavy atom. The average Bonchev–Trinajstić information content (AvgIpc) is 2.18. The molecular weight excluding hydrogens is 164 g/mol.